The standard InChI is InChI=1S/C14H16N4O2/c1-18(7-11-8-19-14(15)17-11)12-4-2-3-10(5-12)13-6-16-9-20-13/h2-6,9,11H,7-8H2,1H3,(H2,15,17)/t11-/m0/s1. The first-order valence-corrected chi connectivity index (χ1v) is 6.38. The largest absolute Gasteiger partial charge is 0.463 e. The van der Waals surface area contributed by atoms with Crippen molar-refractivity contribution in [3.63, 3.8) is 0 Å². The van der Waals surface area contributed by atoms with Crippen molar-refractivity contribution in [3.05, 3.63) is 36.9 Å². The second-order valence-electron chi connectivity index (χ2n) is 4.73. The summed E-state index contributed by atoms with van der Waals surface area (Å²) >= 11 is 0. The molecule has 1 aromatic heterocycles. The van der Waals surface area contributed by atoms with Crippen LogP contribution in [0.15, 0.2) is 46.3 Å². The number of nitrogens with zero attached hydrogens (tertiary/aromatic N) is 3. The number of rotatable bonds is 4. The van der Waals surface area contributed by atoms with Gasteiger partial charge in [0.25, 0.3) is 6.02 Å². The molecule has 0 amide bonds. The van der Waals surface area contributed by atoms with E-state index in [1.165, 1.54) is 6.39 Å². The van der Waals surface area contributed by atoms with Crippen molar-refractivity contribution in [2.24, 2.45) is 10.7 Å². The molecule has 0 saturated carbocycles. The minimum atomic E-state index is 0.0777. The smallest absolute Gasteiger partial charge is 0.282 e. The summed E-state index contributed by atoms with van der Waals surface area (Å²) in [6.45, 7) is 1.29. The molecule has 0 radical (unpaired) electrons. The summed E-state index contributed by atoms with van der Waals surface area (Å²) in [5, 5.41) is 0. The summed E-state index contributed by atoms with van der Waals surface area (Å²) in [6, 6.07) is 8.44. The fraction of sp³-hybridized carbons (Fsp3) is 0.286. The van der Waals surface area contributed by atoms with Gasteiger partial charge in [0.05, 0.1) is 6.20 Å². The van der Waals surface area contributed by atoms with E-state index in [4.69, 9.17) is 14.9 Å². The number of nitrogens with two attached hydrogens (primary N) is 1. The summed E-state index contributed by atoms with van der Waals surface area (Å²) in [6.07, 6.45) is 3.13. The second-order valence-corrected chi connectivity index (χ2v) is 4.73. The minimum absolute atomic E-state index is 0.0777. The zero-order chi connectivity index (χ0) is 13.9. The first kappa shape index (κ1) is 12.5. The fourth-order valence-electron chi connectivity index (χ4n) is 2.21. The fourth-order valence-corrected chi connectivity index (χ4v) is 2.21. The zero-order valence-electron chi connectivity index (χ0n) is 11.2. The molecule has 1 atom stereocenters. The molecular weight excluding hydrogens is 256 g/mol. The van der Waals surface area contributed by atoms with Gasteiger partial charge in [-0.05, 0) is 12.1 Å². The molecule has 3 rings (SSSR count). The SMILES string of the molecule is CN(C[C@H]1COC(N)=N1)c1cccc(-c2cnco2)c1. The van der Waals surface area contributed by atoms with Gasteiger partial charge in [-0.15, -0.1) is 0 Å². The Kier molecular flexibility index (Phi) is 3.28. The molecule has 0 aliphatic carbocycles. The number of hydrogen-bond donors (Lipinski definition) is 1. The molecule has 20 heavy (non-hydrogen) atoms. The summed E-state index contributed by atoms with van der Waals surface area (Å²) in [4.78, 5) is 10.3. The van der Waals surface area contributed by atoms with Crippen LogP contribution < -0.4 is 10.6 Å². The first-order valence-electron chi connectivity index (χ1n) is 6.38. The number of ether oxygens (including phenoxy) is 1. The van der Waals surface area contributed by atoms with Crippen LogP contribution in [0, 0.1) is 0 Å². The van der Waals surface area contributed by atoms with E-state index in [0.29, 0.717) is 6.61 Å². The molecular formula is C14H16N4O2. The van der Waals surface area contributed by atoms with E-state index < -0.39 is 0 Å². The lowest BCUT2D eigenvalue weighted by Crippen LogP contribution is -2.28. The quantitative estimate of drug-likeness (QED) is 0.912. The third kappa shape index (κ3) is 2.59. The highest BCUT2D eigenvalue weighted by atomic mass is 16.5. The highest BCUT2D eigenvalue weighted by Crippen LogP contribution is 2.24. The maximum Gasteiger partial charge on any atom is 0.282 e. The summed E-state index contributed by atoms with van der Waals surface area (Å²) in [5.74, 6) is 0.756. The van der Waals surface area contributed by atoms with Crippen LogP contribution in [0.2, 0.25) is 0 Å². The van der Waals surface area contributed by atoms with E-state index in [2.05, 4.69) is 20.9 Å². The number of likely N-dealkylation sites (N-methyl/N-ethyl adjacent to an activating group) is 1. The van der Waals surface area contributed by atoms with Crippen LogP contribution in [0.5, 0.6) is 0 Å². The van der Waals surface area contributed by atoms with E-state index in [1.54, 1.807) is 6.20 Å². The van der Waals surface area contributed by atoms with Gasteiger partial charge in [0.2, 0.25) is 0 Å². The molecule has 6 nitrogen and oxygen atoms in total. The Morgan fingerprint density at radius 3 is 3.05 bits per heavy atom. The van der Waals surface area contributed by atoms with Gasteiger partial charge in [0.15, 0.2) is 12.2 Å². The Labute approximate surface area is 116 Å². The lowest BCUT2D eigenvalue weighted by molar-refractivity contribution is 0.314. The van der Waals surface area contributed by atoms with E-state index >= 15 is 0 Å². The third-order valence-electron chi connectivity index (χ3n) is 3.22. The Hall–Kier alpha value is -2.50. The molecule has 6 heteroatoms. The lowest BCUT2D eigenvalue weighted by atomic mass is 10.1. The van der Waals surface area contributed by atoms with Crippen LogP contribution in [0.1, 0.15) is 0 Å². The predicted octanol–water partition coefficient (Wildman–Crippen LogP) is 1.49. The molecule has 0 spiro atoms. The molecule has 0 bridgehead atoms. The molecule has 1 aromatic carbocycles. The number of oxazole rings is 1. The van der Waals surface area contributed by atoms with E-state index in [-0.39, 0.29) is 12.1 Å². The van der Waals surface area contributed by atoms with Crippen LogP contribution in [-0.2, 0) is 4.74 Å². The van der Waals surface area contributed by atoms with E-state index in [1.807, 2.05) is 25.2 Å². The maximum absolute atomic E-state index is 5.52. The topological polar surface area (TPSA) is 76.9 Å². The monoisotopic (exact) mass is 272 g/mol. The van der Waals surface area contributed by atoms with Gasteiger partial charge in [-0.25, -0.2) is 9.98 Å². The number of aromatic nitrogens is 1. The molecule has 0 saturated heterocycles. The van der Waals surface area contributed by atoms with Crippen LogP contribution in [0.25, 0.3) is 11.3 Å². The van der Waals surface area contributed by atoms with Gasteiger partial charge < -0.3 is 19.8 Å². The van der Waals surface area contributed by atoms with Crippen molar-refractivity contribution < 1.29 is 9.15 Å². The average Bonchev–Trinajstić information content (AvgIpc) is 3.11. The minimum Gasteiger partial charge on any atom is -0.463 e. The Morgan fingerprint density at radius 2 is 2.35 bits per heavy atom. The number of anilines is 1. The van der Waals surface area contributed by atoms with E-state index in [9.17, 15) is 0 Å². The molecule has 0 unspecified atom stereocenters. The maximum atomic E-state index is 5.52. The van der Waals surface area contributed by atoms with Gasteiger partial charge in [-0.1, -0.05) is 12.1 Å². The van der Waals surface area contributed by atoms with Gasteiger partial charge >= 0.3 is 0 Å². The second kappa shape index (κ2) is 5.24. The van der Waals surface area contributed by atoms with Crippen molar-refractivity contribution in [1.82, 2.24) is 4.98 Å². The molecule has 1 aliphatic heterocycles. The van der Waals surface area contributed by atoms with Crippen molar-refractivity contribution in [2.45, 2.75) is 6.04 Å². The zero-order valence-corrected chi connectivity index (χ0v) is 11.2. The molecule has 1 aliphatic rings. The lowest BCUT2D eigenvalue weighted by Gasteiger charge is -2.21. The summed E-state index contributed by atoms with van der Waals surface area (Å²) < 4.78 is 10.5. The van der Waals surface area contributed by atoms with Gasteiger partial charge in [0.1, 0.15) is 12.6 Å². The number of amidine groups is 1. The van der Waals surface area contributed by atoms with Crippen molar-refractivity contribution in [2.75, 3.05) is 25.1 Å². The predicted molar refractivity (Wildman–Crippen MR) is 76.6 cm³/mol. The molecule has 2 N–H and O–H groups in total. The number of benzene rings is 1. The Morgan fingerprint density at radius 1 is 1.45 bits per heavy atom. The van der Waals surface area contributed by atoms with E-state index in [0.717, 1.165) is 23.6 Å². The van der Waals surface area contributed by atoms with Crippen LogP contribution in [0.4, 0.5) is 5.69 Å². The molecule has 2 aromatic rings. The van der Waals surface area contributed by atoms with Gasteiger partial charge in [0, 0.05) is 24.8 Å². The van der Waals surface area contributed by atoms with Gasteiger partial charge in [-0.2, -0.15) is 0 Å². The third-order valence-corrected chi connectivity index (χ3v) is 3.22. The normalized spacial score (nSPS) is 17.6. The van der Waals surface area contributed by atoms with Gasteiger partial charge in [-0.3, -0.25) is 0 Å². The summed E-state index contributed by atoms with van der Waals surface area (Å²) in [5.41, 5.74) is 7.60. The summed E-state index contributed by atoms with van der Waals surface area (Å²) in [7, 11) is 2.02. The molecule has 0 fully saturated rings. The number of hydrogen-bond acceptors (Lipinski definition) is 6. The van der Waals surface area contributed by atoms with Crippen LogP contribution in [-0.4, -0.2) is 37.2 Å². The Bertz CT molecular complexity index is 609. The van der Waals surface area contributed by atoms with Crippen molar-refractivity contribution in [1.29, 1.82) is 0 Å². The Balaban J connectivity index is 1.75. The molecule has 104 valence electrons. The highest BCUT2D eigenvalue weighted by Gasteiger charge is 2.18. The molecule has 2 heterocycles. The van der Waals surface area contributed by atoms with Crippen molar-refractivity contribution >= 4 is 11.7 Å². The van der Waals surface area contributed by atoms with Crippen LogP contribution in [0.3, 0.4) is 0 Å². The average molecular weight is 272 g/mol. The van der Waals surface area contributed by atoms with Crippen molar-refractivity contribution in [3.8, 4) is 11.3 Å². The highest BCUT2D eigenvalue weighted by molar-refractivity contribution is 5.73. The number of aliphatic imine (C=N–C) groups is 1. The van der Waals surface area contributed by atoms with Crippen LogP contribution >= 0.6 is 0 Å². The first-order chi connectivity index (χ1) is 9.72.